The number of nitrogens with zero attached hydrogens (tertiary/aromatic N) is 1. The van der Waals surface area contributed by atoms with Crippen molar-refractivity contribution in [2.45, 2.75) is 19.8 Å². The van der Waals surface area contributed by atoms with Crippen LogP contribution in [0.25, 0.3) is 0 Å². The molecule has 1 aromatic rings. The van der Waals surface area contributed by atoms with Crippen LogP contribution in [0.1, 0.15) is 30.3 Å². The Morgan fingerprint density at radius 3 is 3.00 bits per heavy atom. The van der Waals surface area contributed by atoms with Crippen LogP contribution in [0.5, 0.6) is 5.75 Å². The van der Waals surface area contributed by atoms with Gasteiger partial charge in [-0.15, -0.1) is 0 Å². The van der Waals surface area contributed by atoms with E-state index in [1.807, 2.05) is 6.92 Å². The van der Waals surface area contributed by atoms with Crippen LogP contribution in [0, 0.1) is 5.82 Å². The second-order valence-electron chi connectivity index (χ2n) is 2.86. The molecule has 0 aromatic carbocycles. The minimum atomic E-state index is -0.644. The van der Waals surface area contributed by atoms with Crippen LogP contribution in [0.15, 0.2) is 12.3 Å². The summed E-state index contributed by atoms with van der Waals surface area (Å²) >= 11 is 0. The fourth-order valence-electron chi connectivity index (χ4n) is 0.931. The fourth-order valence-corrected chi connectivity index (χ4v) is 0.931. The van der Waals surface area contributed by atoms with Gasteiger partial charge in [0.2, 0.25) is 0 Å². The molecule has 0 aliphatic rings. The second-order valence-corrected chi connectivity index (χ2v) is 2.86. The van der Waals surface area contributed by atoms with Gasteiger partial charge in [-0.25, -0.2) is 9.37 Å². The van der Waals surface area contributed by atoms with Gasteiger partial charge in [0.15, 0.2) is 12.1 Å². The van der Waals surface area contributed by atoms with E-state index in [0.29, 0.717) is 18.6 Å². The molecular formula is C10H12FNO2. The zero-order valence-electron chi connectivity index (χ0n) is 8.00. The van der Waals surface area contributed by atoms with Crippen molar-refractivity contribution in [1.29, 1.82) is 0 Å². The Balaban J connectivity index is 2.62. The van der Waals surface area contributed by atoms with E-state index in [-0.39, 0.29) is 5.69 Å². The predicted molar refractivity (Wildman–Crippen MR) is 50.0 cm³/mol. The van der Waals surface area contributed by atoms with E-state index < -0.39 is 5.82 Å². The zero-order chi connectivity index (χ0) is 10.4. The van der Waals surface area contributed by atoms with Crippen LogP contribution in [0.3, 0.4) is 0 Å². The molecule has 0 saturated heterocycles. The van der Waals surface area contributed by atoms with E-state index in [0.717, 1.165) is 12.8 Å². The Labute approximate surface area is 81.9 Å². The summed E-state index contributed by atoms with van der Waals surface area (Å²) in [6.45, 7) is 2.58. The third-order valence-corrected chi connectivity index (χ3v) is 1.72. The maximum Gasteiger partial charge on any atom is 0.171 e. The summed E-state index contributed by atoms with van der Waals surface area (Å²) in [6.07, 6.45) is 3.66. The molecule has 14 heavy (non-hydrogen) atoms. The number of carbonyl (C=O) groups is 1. The van der Waals surface area contributed by atoms with Gasteiger partial charge in [0, 0.05) is 6.07 Å². The number of ether oxygens (including phenoxy) is 1. The largest absolute Gasteiger partial charge is 0.492 e. The lowest BCUT2D eigenvalue weighted by molar-refractivity contribution is 0.111. The topological polar surface area (TPSA) is 39.2 Å². The zero-order valence-corrected chi connectivity index (χ0v) is 8.00. The molecule has 0 fully saturated rings. The summed E-state index contributed by atoms with van der Waals surface area (Å²) in [4.78, 5) is 13.9. The number of aldehydes is 1. The summed E-state index contributed by atoms with van der Waals surface area (Å²) in [5.74, 6) is -0.282. The highest BCUT2D eigenvalue weighted by Gasteiger charge is 2.04. The van der Waals surface area contributed by atoms with Gasteiger partial charge >= 0.3 is 0 Å². The quantitative estimate of drug-likeness (QED) is 0.536. The lowest BCUT2D eigenvalue weighted by Crippen LogP contribution is -1.99. The third-order valence-electron chi connectivity index (χ3n) is 1.72. The number of halogens is 1. The highest BCUT2D eigenvalue weighted by molar-refractivity contribution is 5.72. The molecule has 1 aromatic heterocycles. The molecule has 0 N–H and O–H groups in total. The molecule has 1 rings (SSSR count). The molecule has 1 heterocycles. The number of hydrogen-bond acceptors (Lipinski definition) is 3. The molecule has 0 unspecified atom stereocenters. The Bertz CT molecular complexity index is 315. The third kappa shape index (κ3) is 2.80. The van der Waals surface area contributed by atoms with Crippen LogP contribution >= 0.6 is 0 Å². The van der Waals surface area contributed by atoms with E-state index in [1.54, 1.807) is 0 Å². The van der Waals surface area contributed by atoms with Crippen LogP contribution in [-0.4, -0.2) is 17.9 Å². The average Bonchev–Trinajstić information content (AvgIpc) is 2.18. The molecule has 3 nitrogen and oxygen atoms in total. The lowest BCUT2D eigenvalue weighted by Gasteiger charge is -2.04. The monoisotopic (exact) mass is 197 g/mol. The van der Waals surface area contributed by atoms with Gasteiger partial charge in [-0.2, -0.15) is 0 Å². The standard InChI is InChI=1S/C10H12FNO2/c1-2-3-4-14-8-5-9(11)10(7-13)12-6-8/h5-7H,2-4H2,1H3. The second kappa shape index (κ2) is 5.32. The highest BCUT2D eigenvalue weighted by Crippen LogP contribution is 2.12. The number of pyridine rings is 1. The van der Waals surface area contributed by atoms with Crippen molar-refractivity contribution >= 4 is 6.29 Å². The van der Waals surface area contributed by atoms with Gasteiger partial charge in [0.1, 0.15) is 11.4 Å². The van der Waals surface area contributed by atoms with Crippen molar-refractivity contribution < 1.29 is 13.9 Å². The smallest absolute Gasteiger partial charge is 0.171 e. The maximum absolute atomic E-state index is 13.0. The molecule has 4 heteroatoms. The van der Waals surface area contributed by atoms with Gasteiger partial charge in [-0.1, -0.05) is 13.3 Å². The predicted octanol–water partition coefficient (Wildman–Crippen LogP) is 2.21. The molecule has 0 atom stereocenters. The minimum absolute atomic E-state index is 0.187. The molecule has 76 valence electrons. The normalized spacial score (nSPS) is 9.86. The molecule has 0 spiro atoms. The molecule has 0 bridgehead atoms. The minimum Gasteiger partial charge on any atom is -0.492 e. The Morgan fingerprint density at radius 2 is 2.43 bits per heavy atom. The lowest BCUT2D eigenvalue weighted by atomic mass is 10.3. The number of aromatic nitrogens is 1. The van der Waals surface area contributed by atoms with Gasteiger partial charge in [0.05, 0.1) is 12.8 Å². The summed E-state index contributed by atoms with van der Waals surface area (Å²) in [5, 5.41) is 0. The Hall–Kier alpha value is -1.45. The molecule has 0 aliphatic heterocycles. The van der Waals surface area contributed by atoms with Crippen molar-refractivity contribution in [3.05, 3.63) is 23.8 Å². The fraction of sp³-hybridized carbons (Fsp3) is 0.400. The SMILES string of the molecule is CCCCOc1cnc(C=O)c(F)c1. The number of rotatable bonds is 5. The van der Waals surface area contributed by atoms with Gasteiger partial charge < -0.3 is 4.74 Å². The summed E-state index contributed by atoms with van der Waals surface area (Å²) < 4.78 is 18.2. The summed E-state index contributed by atoms with van der Waals surface area (Å²) in [7, 11) is 0. The van der Waals surface area contributed by atoms with Crippen LogP contribution in [-0.2, 0) is 0 Å². The Morgan fingerprint density at radius 1 is 1.64 bits per heavy atom. The van der Waals surface area contributed by atoms with E-state index in [1.165, 1.54) is 12.3 Å². The Kier molecular flexibility index (Phi) is 4.04. The van der Waals surface area contributed by atoms with Crippen molar-refractivity contribution in [3.63, 3.8) is 0 Å². The molecular weight excluding hydrogens is 185 g/mol. The number of unbranched alkanes of at least 4 members (excludes halogenated alkanes) is 1. The van der Waals surface area contributed by atoms with E-state index in [9.17, 15) is 9.18 Å². The maximum atomic E-state index is 13.0. The first kappa shape index (κ1) is 10.6. The van der Waals surface area contributed by atoms with Gasteiger partial charge in [-0.05, 0) is 6.42 Å². The average molecular weight is 197 g/mol. The van der Waals surface area contributed by atoms with E-state index >= 15 is 0 Å². The van der Waals surface area contributed by atoms with Crippen molar-refractivity contribution in [2.24, 2.45) is 0 Å². The van der Waals surface area contributed by atoms with Crippen molar-refractivity contribution in [3.8, 4) is 5.75 Å². The molecule has 0 amide bonds. The number of hydrogen-bond donors (Lipinski definition) is 0. The van der Waals surface area contributed by atoms with Gasteiger partial charge in [-0.3, -0.25) is 4.79 Å². The first-order valence-electron chi connectivity index (χ1n) is 4.51. The number of carbonyl (C=O) groups excluding carboxylic acids is 1. The molecule has 0 radical (unpaired) electrons. The first-order valence-corrected chi connectivity index (χ1v) is 4.51. The molecule has 0 saturated carbocycles. The van der Waals surface area contributed by atoms with Crippen molar-refractivity contribution in [1.82, 2.24) is 4.98 Å². The van der Waals surface area contributed by atoms with E-state index in [2.05, 4.69) is 4.98 Å². The highest BCUT2D eigenvalue weighted by atomic mass is 19.1. The van der Waals surface area contributed by atoms with Crippen LogP contribution in [0.4, 0.5) is 4.39 Å². The van der Waals surface area contributed by atoms with Crippen LogP contribution in [0.2, 0.25) is 0 Å². The van der Waals surface area contributed by atoms with Crippen LogP contribution < -0.4 is 4.74 Å². The van der Waals surface area contributed by atoms with E-state index in [4.69, 9.17) is 4.74 Å². The molecule has 0 aliphatic carbocycles. The van der Waals surface area contributed by atoms with Gasteiger partial charge in [0.25, 0.3) is 0 Å². The van der Waals surface area contributed by atoms with Crippen molar-refractivity contribution in [2.75, 3.05) is 6.61 Å². The summed E-state index contributed by atoms with van der Waals surface area (Å²) in [5.41, 5.74) is -0.187. The summed E-state index contributed by atoms with van der Waals surface area (Å²) in [6, 6.07) is 1.17. The first-order chi connectivity index (χ1) is 6.77.